The summed E-state index contributed by atoms with van der Waals surface area (Å²) in [5, 5.41) is 3.03. The first-order chi connectivity index (χ1) is 15.0. The SMILES string of the molecule is Cc1ccc(NC(=O)N2CC(C(=O)N3CCOCC3)CC(c3ccccc3)C2)cc1C. The van der Waals surface area contributed by atoms with Crippen LogP contribution in [0.15, 0.2) is 48.5 Å². The summed E-state index contributed by atoms with van der Waals surface area (Å²) in [7, 11) is 0. The first-order valence-corrected chi connectivity index (χ1v) is 11.1. The summed E-state index contributed by atoms with van der Waals surface area (Å²) in [6.07, 6.45) is 0.758. The molecule has 2 heterocycles. The Labute approximate surface area is 184 Å². The van der Waals surface area contributed by atoms with Crippen molar-refractivity contribution in [2.24, 2.45) is 5.92 Å². The number of piperidine rings is 1. The summed E-state index contributed by atoms with van der Waals surface area (Å²) < 4.78 is 5.40. The maximum absolute atomic E-state index is 13.3. The lowest BCUT2D eigenvalue weighted by atomic mass is 9.84. The first-order valence-electron chi connectivity index (χ1n) is 11.1. The molecule has 0 aliphatic carbocycles. The molecular formula is C25H31N3O3. The van der Waals surface area contributed by atoms with Gasteiger partial charge in [0.1, 0.15) is 0 Å². The summed E-state index contributed by atoms with van der Waals surface area (Å²) in [5.74, 6) is 0.0610. The van der Waals surface area contributed by atoms with Gasteiger partial charge in [0.2, 0.25) is 5.91 Å². The number of nitrogens with zero attached hydrogens (tertiary/aromatic N) is 2. The number of rotatable bonds is 3. The van der Waals surface area contributed by atoms with Gasteiger partial charge in [-0.1, -0.05) is 36.4 Å². The number of carbonyl (C=O) groups excluding carboxylic acids is 2. The molecule has 2 aromatic carbocycles. The van der Waals surface area contributed by atoms with Gasteiger partial charge in [0.15, 0.2) is 0 Å². The highest BCUT2D eigenvalue weighted by Crippen LogP contribution is 2.32. The van der Waals surface area contributed by atoms with Gasteiger partial charge in [-0.2, -0.15) is 0 Å². The Morgan fingerprint density at radius 1 is 0.935 bits per heavy atom. The largest absolute Gasteiger partial charge is 0.378 e. The number of hydrogen-bond acceptors (Lipinski definition) is 3. The number of likely N-dealkylation sites (tertiary alicyclic amines) is 1. The third-order valence-electron chi connectivity index (χ3n) is 6.44. The summed E-state index contributed by atoms with van der Waals surface area (Å²) in [4.78, 5) is 30.1. The summed E-state index contributed by atoms with van der Waals surface area (Å²) in [5.41, 5.74) is 4.28. The van der Waals surface area contributed by atoms with Gasteiger partial charge in [-0.05, 0) is 49.1 Å². The molecule has 2 aromatic rings. The highest BCUT2D eigenvalue weighted by Gasteiger charge is 2.36. The number of morpholine rings is 1. The minimum Gasteiger partial charge on any atom is -0.378 e. The minimum atomic E-state index is -0.206. The molecule has 2 unspecified atom stereocenters. The maximum atomic E-state index is 13.3. The smallest absolute Gasteiger partial charge is 0.321 e. The van der Waals surface area contributed by atoms with Gasteiger partial charge < -0.3 is 19.9 Å². The molecule has 0 saturated carbocycles. The third kappa shape index (κ3) is 5.07. The van der Waals surface area contributed by atoms with Crippen LogP contribution in [0.4, 0.5) is 10.5 Å². The average Bonchev–Trinajstić information content (AvgIpc) is 2.82. The predicted octanol–water partition coefficient (Wildman–Crippen LogP) is 3.80. The molecule has 6 heteroatoms. The van der Waals surface area contributed by atoms with E-state index in [0.29, 0.717) is 39.4 Å². The number of hydrogen-bond donors (Lipinski definition) is 1. The molecule has 0 bridgehead atoms. The van der Waals surface area contributed by atoms with E-state index in [4.69, 9.17) is 4.74 Å². The quantitative estimate of drug-likeness (QED) is 0.820. The lowest BCUT2D eigenvalue weighted by Gasteiger charge is -2.40. The van der Waals surface area contributed by atoms with Crippen LogP contribution in [-0.2, 0) is 9.53 Å². The summed E-state index contributed by atoms with van der Waals surface area (Å²) >= 11 is 0. The standard InChI is InChI=1S/C25H31N3O3/c1-18-8-9-23(14-19(18)2)26-25(30)28-16-21(20-6-4-3-5-7-20)15-22(17-28)24(29)27-10-12-31-13-11-27/h3-9,14,21-22H,10-13,15-17H2,1-2H3,(H,26,30). The molecule has 6 nitrogen and oxygen atoms in total. The number of ether oxygens (including phenoxy) is 1. The van der Waals surface area contributed by atoms with Crippen LogP contribution >= 0.6 is 0 Å². The second kappa shape index (κ2) is 9.52. The number of benzene rings is 2. The second-order valence-electron chi connectivity index (χ2n) is 8.61. The lowest BCUT2D eigenvalue weighted by Crippen LogP contribution is -2.52. The van der Waals surface area contributed by atoms with Crippen molar-refractivity contribution in [1.29, 1.82) is 0 Å². The van der Waals surface area contributed by atoms with Crippen LogP contribution in [0.2, 0.25) is 0 Å². The van der Waals surface area contributed by atoms with Crippen molar-refractivity contribution in [3.8, 4) is 0 Å². The monoisotopic (exact) mass is 421 g/mol. The fraction of sp³-hybridized carbons (Fsp3) is 0.440. The van der Waals surface area contributed by atoms with Gasteiger partial charge in [0.25, 0.3) is 0 Å². The van der Waals surface area contributed by atoms with Crippen LogP contribution in [0.25, 0.3) is 0 Å². The van der Waals surface area contributed by atoms with Crippen LogP contribution in [0.3, 0.4) is 0 Å². The third-order valence-corrected chi connectivity index (χ3v) is 6.44. The highest BCUT2D eigenvalue weighted by atomic mass is 16.5. The van der Waals surface area contributed by atoms with Crippen LogP contribution in [0.5, 0.6) is 0 Å². The fourth-order valence-electron chi connectivity index (χ4n) is 4.47. The van der Waals surface area contributed by atoms with Gasteiger partial charge in [-0.3, -0.25) is 4.79 Å². The van der Waals surface area contributed by atoms with E-state index in [1.807, 2.05) is 48.2 Å². The van der Waals surface area contributed by atoms with Crippen molar-refractivity contribution in [2.45, 2.75) is 26.2 Å². The van der Waals surface area contributed by atoms with Crippen molar-refractivity contribution in [2.75, 3.05) is 44.7 Å². The molecule has 31 heavy (non-hydrogen) atoms. The molecule has 2 saturated heterocycles. The maximum Gasteiger partial charge on any atom is 0.321 e. The summed E-state index contributed by atoms with van der Waals surface area (Å²) in [6, 6.07) is 16.0. The molecule has 2 fully saturated rings. The van der Waals surface area contributed by atoms with Gasteiger partial charge in [-0.25, -0.2) is 4.79 Å². The van der Waals surface area contributed by atoms with Gasteiger partial charge in [-0.15, -0.1) is 0 Å². The number of carbonyl (C=O) groups is 2. The zero-order chi connectivity index (χ0) is 21.8. The molecular weight excluding hydrogens is 390 g/mol. The molecule has 164 valence electrons. The van der Waals surface area contributed by atoms with E-state index < -0.39 is 0 Å². The predicted molar refractivity (Wildman–Crippen MR) is 121 cm³/mol. The van der Waals surface area contributed by atoms with E-state index in [1.165, 1.54) is 11.1 Å². The Hall–Kier alpha value is -2.86. The Balaban J connectivity index is 1.52. The normalized spacial score (nSPS) is 21.6. The average molecular weight is 422 g/mol. The molecule has 0 radical (unpaired) electrons. The van der Waals surface area contributed by atoms with Crippen molar-refractivity contribution in [3.63, 3.8) is 0 Å². The van der Waals surface area contributed by atoms with E-state index in [2.05, 4.69) is 24.4 Å². The van der Waals surface area contributed by atoms with Crippen molar-refractivity contribution in [3.05, 3.63) is 65.2 Å². The number of aryl methyl sites for hydroxylation is 2. The molecule has 2 aliphatic rings. The Morgan fingerprint density at radius 3 is 2.39 bits per heavy atom. The molecule has 0 aromatic heterocycles. The highest BCUT2D eigenvalue weighted by molar-refractivity contribution is 5.90. The van der Waals surface area contributed by atoms with Crippen LogP contribution < -0.4 is 5.32 Å². The molecule has 4 rings (SSSR count). The Kier molecular flexibility index (Phi) is 6.56. The minimum absolute atomic E-state index is 0.132. The molecule has 0 spiro atoms. The number of amides is 3. The second-order valence-corrected chi connectivity index (χ2v) is 8.61. The van der Waals surface area contributed by atoms with Crippen molar-refractivity contribution < 1.29 is 14.3 Å². The number of urea groups is 1. The van der Waals surface area contributed by atoms with Crippen LogP contribution in [0, 0.1) is 19.8 Å². The molecule has 3 amide bonds. The van der Waals surface area contributed by atoms with Gasteiger partial charge in [0, 0.05) is 37.8 Å². The fourth-order valence-corrected chi connectivity index (χ4v) is 4.47. The van der Waals surface area contributed by atoms with Gasteiger partial charge >= 0.3 is 6.03 Å². The van der Waals surface area contributed by atoms with Crippen LogP contribution in [-0.4, -0.2) is 61.1 Å². The Bertz CT molecular complexity index is 925. The zero-order valence-corrected chi connectivity index (χ0v) is 18.3. The zero-order valence-electron chi connectivity index (χ0n) is 18.3. The van der Waals surface area contributed by atoms with Gasteiger partial charge in [0.05, 0.1) is 19.1 Å². The molecule has 1 N–H and O–H groups in total. The number of anilines is 1. The molecule has 2 aliphatic heterocycles. The summed E-state index contributed by atoms with van der Waals surface area (Å²) in [6.45, 7) is 7.55. The van der Waals surface area contributed by atoms with E-state index in [9.17, 15) is 9.59 Å². The van der Waals surface area contributed by atoms with E-state index >= 15 is 0 Å². The first kappa shape index (κ1) is 21.4. The Morgan fingerprint density at radius 2 is 1.68 bits per heavy atom. The van der Waals surface area contributed by atoms with E-state index in [0.717, 1.165) is 17.7 Å². The molecule has 2 atom stereocenters. The van der Waals surface area contributed by atoms with Crippen molar-refractivity contribution >= 4 is 17.6 Å². The van der Waals surface area contributed by atoms with Crippen LogP contribution in [0.1, 0.15) is 29.0 Å². The number of nitrogens with one attached hydrogen (secondary N) is 1. The topological polar surface area (TPSA) is 61.9 Å². The lowest BCUT2D eigenvalue weighted by molar-refractivity contribution is -0.141. The van der Waals surface area contributed by atoms with E-state index in [-0.39, 0.29) is 23.8 Å². The van der Waals surface area contributed by atoms with E-state index in [1.54, 1.807) is 4.90 Å². The van der Waals surface area contributed by atoms with Crippen molar-refractivity contribution in [1.82, 2.24) is 9.80 Å².